The maximum absolute atomic E-state index is 10.7. The van der Waals surface area contributed by atoms with E-state index in [1.807, 2.05) is 6.92 Å². The molecule has 0 spiro atoms. The largest absolute Gasteiger partial charge is 0.481 e. The molecule has 82 valence electrons. The highest BCUT2D eigenvalue weighted by Gasteiger charge is 2.36. The highest BCUT2D eigenvalue weighted by molar-refractivity contribution is 5.72. The number of carboxylic acid groups (broad SMARTS) is 1. The second-order valence-electron chi connectivity index (χ2n) is 3.87. The molecule has 15 heavy (non-hydrogen) atoms. The van der Waals surface area contributed by atoms with E-state index in [0.29, 0.717) is 12.4 Å². The SMILES string of the molecule is Cc1cnc(CNC2CCC2C(=O)O)o1. The molecule has 1 aromatic heterocycles. The fourth-order valence-corrected chi connectivity index (χ4v) is 1.74. The zero-order chi connectivity index (χ0) is 10.8. The Morgan fingerprint density at radius 2 is 2.53 bits per heavy atom. The minimum absolute atomic E-state index is 0.0645. The van der Waals surface area contributed by atoms with Crippen LogP contribution in [0.3, 0.4) is 0 Å². The predicted molar refractivity (Wildman–Crippen MR) is 52.2 cm³/mol. The summed E-state index contributed by atoms with van der Waals surface area (Å²) in [4.78, 5) is 14.8. The zero-order valence-corrected chi connectivity index (χ0v) is 8.56. The van der Waals surface area contributed by atoms with Gasteiger partial charge in [-0.05, 0) is 19.8 Å². The van der Waals surface area contributed by atoms with Gasteiger partial charge in [0.05, 0.1) is 18.7 Å². The standard InChI is InChI=1S/C10H14N2O3/c1-6-4-12-9(15-6)5-11-8-3-2-7(8)10(13)14/h4,7-8,11H,2-3,5H2,1H3,(H,13,14). The third kappa shape index (κ3) is 2.18. The molecule has 0 bridgehead atoms. The van der Waals surface area contributed by atoms with Crippen LogP contribution in [0.2, 0.25) is 0 Å². The minimum atomic E-state index is -0.720. The summed E-state index contributed by atoms with van der Waals surface area (Å²) in [6, 6.07) is 0.0645. The third-order valence-electron chi connectivity index (χ3n) is 2.78. The fourth-order valence-electron chi connectivity index (χ4n) is 1.74. The van der Waals surface area contributed by atoms with Gasteiger partial charge in [0.2, 0.25) is 5.89 Å². The lowest BCUT2D eigenvalue weighted by Crippen LogP contribution is -2.47. The Bertz CT molecular complexity index is 361. The molecule has 2 unspecified atom stereocenters. The summed E-state index contributed by atoms with van der Waals surface area (Å²) in [7, 11) is 0. The van der Waals surface area contributed by atoms with Crippen molar-refractivity contribution in [3.05, 3.63) is 17.8 Å². The van der Waals surface area contributed by atoms with Crippen molar-refractivity contribution in [2.45, 2.75) is 32.4 Å². The Kier molecular flexibility index (Phi) is 2.73. The molecule has 0 saturated heterocycles. The van der Waals surface area contributed by atoms with E-state index in [1.165, 1.54) is 0 Å². The molecule has 1 aromatic rings. The van der Waals surface area contributed by atoms with E-state index in [2.05, 4.69) is 10.3 Å². The average Bonchev–Trinajstić information content (AvgIpc) is 2.48. The van der Waals surface area contributed by atoms with Crippen molar-refractivity contribution in [1.29, 1.82) is 0 Å². The highest BCUT2D eigenvalue weighted by Crippen LogP contribution is 2.27. The van der Waals surface area contributed by atoms with Gasteiger partial charge in [0.15, 0.2) is 0 Å². The van der Waals surface area contributed by atoms with E-state index in [4.69, 9.17) is 9.52 Å². The number of carboxylic acids is 1. The second kappa shape index (κ2) is 4.02. The van der Waals surface area contributed by atoms with Crippen LogP contribution in [-0.2, 0) is 11.3 Å². The quantitative estimate of drug-likeness (QED) is 0.773. The van der Waals surface area contributed by atoms with Gasteiger partial charge in [-0.25, -0.2) is 4.98 Å². The molecule has 1 saturated carbocycles. The smallest absolute Gasteiger partial charge is 0.308 e. The molecule has 1 aliphatic rings. The number of aliphatic carboxylic acids is 1. The van der Waals surface area contributed by atoms with Crippen LogP contribution in [-0.4, -0.2) is 22.1 Å². The van der Waals surface area contributed by atoms with Gasteiger partial charge in [0.1, 0.15) is 5.76 Å². The predicted octanol–water partition coefficient (Wildman–Crippen LogP) is 0.936. The Morgan fingerprint density at radius 1 is 1.73 bits per heavy atom. The van der Waals surface area contributed by atoms with Gasteiger partial charge in [0.25, 0.3) is 0 Å². The lowest BCUT2D eigenvalue weighted by Gasteiger charge is -2.33. The molecule has 2 N–H and O–H groups in total. The van der Waals surface area contributed by atoms with Gasteiger partial charge in [-0.3, -0.25) is 4.79 Å². The summed E-state index contributed by atoms with van der Waals surface area (Å²) in [5.74, 6) is 0.419. The summed E-state index contributed by atoms with van der Waals surface area (Å²) in [5, 5.41) is 12.0. The molecule has 0 aromatic carbocycles. The van der Waals surface area contributed by atoms with Crippen LogP contribution in [0.15, 0.2) is 10.6 Å². The van der Waals surface area contributed by atoms with E-state index in [1.54, 1.807) is 6.20 Å². The van der Waals surface area contributed by atoms with Crippen LogP contribution in [0.5, 0.6) is 0 Å². The number of aryl methyl sites for hydroxylation is 1. The van der Waals surface area contributed by atoms with Gasteiger partial charge in [-0.15, -0.1) is 0 Å². The molecule has 2 rings (SSSR count). The number of oxazole rings is 1. The molecule has 1 fully saturated rings. The summed E-state index contributed by atoms with van der Waals surface area (Å²) >= 11 is 0. The van der Waals surface area contributed by atoms with E-state index >= 15 is 0 Å². The average molecular weight is 210 g/mol. The first kappa shape index (κ1) is 10.2. The Labute approximate surface area is 87.5 Å². The number of nitrogens with zero attached hydrogens (tertiary/aromatic N) is 1. The van der Waals surface area contributed by atoms with Crippen LogP contribution in [0, 0.1) is 12.8 Å². The fraction of sp³-hybridized carbons (Fsp3) is 0.600. The first-order valence-corrected chi connectivity index (χ1v) is 5.04. The van der Waals surface area contributed by atoms with Crippen molar-refractivity contribution in [1.82, 2.24) is 10.3 Å². The molecule has 0 amide bonds. The zero-order valence-electron chi connectivity index (χ0n) is 8.56. The number of hydrogen-bond donors (Lipinski definition) is 2. The van der Waals surface area contributed by atoms with Crippen LogP contribution in [0.25, 0.3) is 0 Å². The number of hydrogen-bond acceptors (Lipinski definition) is 4. The Balaban J connectivity index is 1.81. The normalized spacial score (nSPS) is 24.9. The molecular weight excluding hydrogens is 196 g/mol. The molecule has 1 aliphatic carbocycles. The highest BCUT2D eigenvalue weighted by atomic mass is 16.4. The maximum Gasteiger partial charge on any atom is 0.308 e. The first-order chi connectivity index (χ1) is 7.16. The lowest BCUT2D eigenvalue weighted by molar-refractivity contribution is -0.146. The van der Waals surface area contributed by atoms with Crippen molar-refractivity contribution in [3.63, 3.8) is 0 Å². The van der Waals surface area contributed by atoms with E-state index in [-0.39, 0.29) is 12.0 Å². The number of rotatable bonds is 4. The lowest BCUT2D eigenvalue weighted by atomic mass is 9.79. The second-order valence-corrected chi connectivity index (χ2v) is 3.87. The topological polar surface area (TPSA) is 75.4 Å². The molecule has 5 nitrogen and oxygen atoms in total. The van der Waals surface area contributed by atoms with Crippen molar-refractivity contribution >= 4 is 5.97 Å². The van der Waals surface area contributed by atoms with Crippen molar-refractivity contribution in [2.75, 3.05) is 0 Å². The van der Waals surface area contributed by atoms with Gasteiger partial charge >= 0.3 is 5.97 Å². The summed E-state index contributed by atoms with van der Waals surface area (Å²) in [6.07, 6.45) is 3.33. The van der Waals surface area contributed by atoms with Crippen LogP contribution in [0.1, 0.15) is 24.5 Å². The number of aromatic nitrogens is 1. The Morgan fingerprint density at radius 3 is 3.00 bits per heavy atom. The van der Waals surface area contributed by atoms with Crippen molar-refractivity contribution in [2.24, 2.45) is 5.92 Å². The van der Waals surface area contributed by atoms with Crippen molar-refractivity contribution < 1.29 is 14.3 Å². The van der Waals surface area contributed by atoms with Crippen LogP contribution >= 0.6 is 0 Å². The molecule has 0 aliphatic heterocycles. The first-order valence-electron chi connectivity index (χ1n) is 5.04. The van der Waals surface area contributed by atoms with Crippen molar-refractivity contribution in [3.8, 4) is 0 Å². The summed E-state index contributed by atoms with van der Waals surface area (Å²) in [5.41, 5.74) is 0. The molecular formula is C10H14N2O3. The molecule has 5 heteroatoms. The third-order valence-corrected chi connectivity index (χ3v) is 2.78. The summed E-state index contributed by atoms with van der Waals surface area (Å²) in [6.45, 7) is 2.34. The van der Waals surface area contributed by atoms with Gasteiger partial charge in [-0.1, -0.05) is 0 Å². The van der Waals surface area contributed by atoms with Gasteiger partial charge in [0, 0.05) is 6.04 Å². The molecule has 2 atom stereocenters. The van der Waals surface area contributed by atoms with Crippen LogP contribution in [0.4, 0.5) is 0 Å². The monoisotopic (exact) mass is 210 g/mol. The minimum Gasteiger partial charge on any atom is -0.481 e. The van der Waals surface area contributed by atoms with E-state index in [0.717, 1.165) is 18.6 Å². The van der Waals surface area contributed by atoms with E-state index < -0.39 is 5.97 Å². The number of carbonyl (C=O) groups is 1. The molecule has 0 radical (unpaired) electrons. The van der Waals surface area contributed by atoms with Gasteiger partial charge in [-0.2, -0.15) is 0 Å². The Hall–Kier alpha value is -1.36. The van der Waals surface area contributed by atoms with Gasteiger partial charge < -0.3 is 14.8 Å². The van der Waals surface area contributed by atoms with Crippen LogP contribution < -0.4 is 5.32 Å². The van der Waals surface area contributed by atoms with E-state index in [9.17, 15) is 4.79 Å². The maximum atomic E-state index is 10.7. The molecule has 1 heterocycles. The number of nitrogens with one attached hydrogen (secondary N) is 1. The summed E-state index contributed by atoms with van der Waals surface area (Å²) < 4.78 is 5.28.